The summed E-state index contributed by atoms with van der Waals surface area (Å²) in [5, 5.41) is 3.23. The predicted octanol–water partition coefficient (Wildman–Crippen LogP) is 4.08. The van der Waals surface area contributed by atoms with Gasteiger partial charge in [-0.2, -0.15) is 0 Å². The zero-order valence-electron chi connectivity index (χ0n) is 17.9. The molecule has 1 fully saturated rings. The lowest BCUT2D eigenvalue weighted by molar-refractivity contribution is -0.127. The molecule has 28 heavy (non-hydrogen) atoms. The van der Waals surface area contributed by atoms with E-state index in [1.807, 2.05) is 0 Å². The van der Waals surface area contributed by atoms with E-state index in [4.69, 9.17) is 0 Å². The maximum atomic E-state index is 12.9. The van der Waals surface area contributed by atoms with Crippen molar-refractivity contribution in [2.75, 3.05) is 18.8 Å². The Morgan fingerprint density at radius 3 is 2.07 bits per heavy atom. The summed E-state index contributed by atoms with van der Waals surface area (Å²) >= 11 is 0. The summed E-state index contributed by atoms with van der Waals surface area (Å²) in [4.78, 5) is 12.9. The van der Waals surface area contributed by atoms with Crippen molar-refractivity contribution in [3.63, 3.8) is 0 Å². The van der Waals surface area contributed by atoms with Crippen LogP contribution in [0.5, 0.6) is 0 Å². The second-order valence-electron chi connectivity index (χ2n) is 8.28. The van der Waals surface area contributed by atoms with Crippen molar-refractivity contribution in [2.45, 2.75) is 65.8 Å². The minimum atomic E-state index is -3.16. The third-order valence-corrected chi connectivity index (χ3v) is 7.91. The maximum absolute atomic E-state index is 12.9. The van der Waals surface area contributed by atoms with Gasteiger partial charge in [0.05, 0.1) is 11.8 Å². The van der Waals surface area contributed by atoms with Crippen molar-refractivity contribution in [2.24, 2.45) is 11.8 Å². The zero-order valence-corrected chi connectivity index (χ0v) is 18.8. The van der Waals surface area contributed by atoms with Gasteiger partial charge in [0.15, 0.2) is 0 Å². The minimum absolute atomic E-state index is 0.0316. The fourth-order valence-corrected chi connectivity index (χ4v) is 4.88. The first-order chi connectivity index (χ1) is 13.2. The van der Waals surface area contributed by atoms with Crippen LogP contribution in [-0.4, -0.2) is 37.5 Å². The van der Waals surface area contributed by atoms with Crippen molar-refractivity contribution in [1.82, 2.24) is 9.62 Å². The van der Waals surface area contributed by atoms with Crippen LogP contribution >= 0.6 is 0 Å². The third-order valence-electron chi connectivity index (χ3n) is 6.02. The van der Waals surface area contributed by atoms with E-state index in [9.17, 15) is 13.2 Å². The summed E-state index contributed by atoms with van der Waals surface area (Å²) in [7, 11) is -3.16. The molecule has 1 aromatic carbocycles. The molecule has 6 heteroatoms. The quantitative estimate of drug-likeness (QED) is 0.705. The molecule has 1 aliphatic heterocycles. The van der Waals surface area contributed by atoms with Crippen molar-refractivity contribution in [1.29, 1.82) is 0 Å². The smallest absolute Gasteiger partial charge is 0.223 e. The highest BCUT2D eigenvalue weighted by molar-refractivity contribution is 7.89. The number of nitrogens with one attached hydrogen (secondary N) is 1. The van der Waals surface area contributed by atoms with Crippen LogP contribution in [0.4, 0.5) is 0 Å². The van der Waals surface area contributed by atoms with Gasteiger partial charge in [-0.25, -0.2) is 12.7 Å². The summed E-state index contributed by atoms with van der Waals surface area (Å²) in [5.41, 5.74) is 2.45. The van der Waals surface area contributed by atoms with Gasteiger partial charge in [0.25, 0.3) is 0 Å². The van der Waals surface area contributed by atoms with Crippen LogP contribution in [0.2, 0.25) is 0 Å². The summed E-state index contributed by atoms with van der Waals surface area (Å²) < 4.78 is 25.5. The first kappa shape index (κ1) is 22.9. The molecule has 2 rings (SSSR count). The molecule has 1 amide bonds. The summed E-state index contributed by atoms with van der Waals surface area (Å²) in [6.07, 6.45) is 2.28. The Labute approximate surface area is 170 Å². The number of hydrogen-bond acceptors (Lipinski definition) is 3. The Morgan fingerprint density at radius 2 is 1.61 bits per heavy atom. The highest BCUT2D eigenvalue weighted by Gasteiger charge is 2.31. The zero-order chi connectivity index (χ0) is 20.9. The molecule has 1 heterocycles. The van der Waals surface area contributed by atoms with Gasteiger partial charge in [-0.15, -0.1) is 0 Å². The minimum Gasteiger partial charge on any atom is -0.349 e. The molecule has 1 aliphatic rings. The number of benzene rings is 1. The molecule has 0 aromatic heterocycles. The number of rotatable bonds is 8. The van der Waals surface area contributed by atoms with Crippen LogP contribution in [0, 0.1) is 11.8 Å². The first-order valence-corrected chi connectivity index (χ1v) is 12.2. The lowest BCUT2D eigenvalue weighted by atomic mass is 9.91. The second-order valence-corrected chi connectivity index (χ2v) is 10.5. The molecule has 1 N–H and O–H groups in total. The van der Waals surface area contributed by atoms with Crippen LogP contribution in [-0.2, 0) is 14.8 Å². The van der Waals surface area contributed by atoms with Gasteiger partial charge in [0.2, 0.25) is 15.9 Å². The van der Waals surface area contributed by atoms with E-state index >= 15 is 0 Å². The van der Waals surface area contributed by atoms with Gasteiger partial charge in [0, 0.05) is 19.0 Å². The van der Waals surface area contributed by atoms with E-state index in [1.54, 1.807) is 6.92 Å². The third kappa shape index (κ3) is 5.57. The second kappa shape index (κ2) is 9.88. The largest absolute Gasteiger partial charge is 0.349 e. The molecular weight excluding hydrogens is 372 g/mol. The van der Waals surface area contributed by atoms with Crippen molar-refractivity contribution < 1.29 is 13.2 Å². The lowest BCUT2D eigenvalue weighted by Crippen LogP contribution is -2.44. The highest BCUT2D eigenvalue weighted by atomic mass is 32.2. The van der Waals surface area contributed by atoms with Crippen LogP contribution in [0.3, 0.4) is 0 Å². The number of hydrogen-bond donors (Lipinski definition) is 1. The number of nitrogens with zero attached hydrogens (tertiary/aromatic N) is 1. The lowest BCUT2D eigenvalue weighted by Gasteiger charge is -2.32. The molecule has 1 aromatic rings. The van der Waals surface area contributed by atoms with Crippen LogP contribution in [0.15, 0.2) is 24.3 Å². The van der Waals surface area contributed by atoms with Gasteiger partial charge >= 0.3 is 0 Å². The van der Waals surface area contributed by atoms with E-state index in [1.165, 1.54) is 9.87 Å². The van der Waals surface area contributed by atoms with Gasteiger partial charge in [-0.1, -0.05) is 52.0 Å². The normalized spacial score (nSPS) is 18.8. The Kier molecular flexibility index (Phi) is 8.07. The van der Waals surface area contributed by atoms with Gasteiger partial charge in [-0.05, 0) is 49.1 Å². The monoisotopic (exact) mass is 408 g/mol. The number of sulfonamides is 1. The van der Waals surface area contributed by atoms with Gasteiger partial charge in [0.1, 0.15) is 0 Å². The first-order valence-electron chi connectivity index (χ1n) is 10.6. The SMILES string of the molecule is CC[C@H](C)c1ccc([C@H](NC(=O)C2CCN(S(=O)(=O)CC)CC2)C(C)C)cc1. The number of amides is 1. The van der Waals surface area contributed by atoms with Crippen molar-refractivity contribution in [3.8, 4) is 0 Å². The van der Waals surface area contributed by atoms with E-state index in [-0.39, 0.29) is 29.5 Å². The van der Waals surface area contributed by atoms with Crippen LogP contribution in [0.1, 0.15) is 77.0 Å². The van der Waals surface area contributed by atoms with Gasteiger partial charge < -0.3 is 5.32 Å². The Hall–Kier alpha value is -1.40. The summed E-state index contributed by atoms with van der Waals surface area (Å²) in [6.45, 7) is 11.2. The fourth-order valence-electron chi connectivity index (χ4n) is 3.75. The average molecular weight is 409 g/mol. The van der Waals surface area contributed by atoms with E-state index in [2.05, 4.69) is 57.3 Å². The topological polar surface area (TPSA) is 66.5 Å². The van der Waals surface area contributed by atoms with Crippen LogP contribution < -0.4 is 5.32 Å². The molecule has 5 nitrogen and oxygen atoms in total. The Bertz CT molecular complexity index is 736. The van der Waals surface area contributed by atoms with E-state index in [0.717, 1.165) is 12.0 Å². The molecule has 0 bridgehead atoms. The predicted molar refractivity (Wildman–Crippen MR) is 115 cm³/mol. The van der Waals surface area contributed by atoms with E-state index in [0.29, 0.717) is 31.8 Å². The number of carbonyl (C=O) groups excluding carboxylic acids is 1. The molecule has 0 aliphatic carbocycles. The average Bonchev–Trinajstić information content (AvgIpc) is 2.71. The standard InChI is InChI=1S/C22H36N2O3S/c1-6-17(5)18-8-10-19(11-9-18)21(16(3)4)23-22(25)20-12-14-24(15-13-20)28(26,27)7-2/h8-11,16-17,20-21H,6-7,12-15H2,1-5H3,(H,23,25)/t17-,21+/m0/s1. The fraction of sp³-hybridized carbons (Fsp3) is 0.682. The number of piperidine rings is 1. The Morgan fingerprint density at radius 1 is 1.07 bits per heavy atom. The van der Waals surface area contributed by atoms with Crippen molar-refractivity contribution in [3.05, 3.63) is 35.4 Å². The molecule has 0 unspecified atom stereocenters. The van der Waals surface area contributed by atoms with Crippen molar-refractivity contribution >= 4 is 15.9 Å². The molecule has 0 radical (unpaired) electrons. The number of carbonyl (C=O) groups is 1. The molecular formula is C22H36N2O3S. The highest BCUT2D eigenvalue weighted by Crippen LogP contribution is 2.27. The molecule has 1 saturated heterocycles. The van der Waals surface area contributed by atoms with Crippen LogP contribution in [0.25, 0.3) is 0 Å². The molecule has 158 valence electrons. The molecule has 0 saturated carbocycles. The molecule has 2 atom stereocenters. The summed E-state index contributed by atoms with van der Waals surface area (Å²) in [5.74, 6) is 0.846. The van der Waals surface area contributed by atoms with E-state index < -0.39 is 10.0 Å². The Balaban J connectivity index is 2.02. The van der Waals surface area contributed by atoms with Gasteiger partial charge in [-0.3, -0.25) is 4.79 Å². The summed E-state index contributed by atoms with van der Waals surface area (Å²) in [6, 6.07) is 8.56. The maximum Gasteiger partial charge on any atom is 0.223 e. The molecule has 0 spiro atoms.